The number of benzene rings is 2. The molecular weight excluding hydrogens is 579 g/mol. The first kappa shape index (κ1) is 29.6. The van der Waals surface area contributed by atoms with E-state index in [4.69, 9.17) is 38.7 Å². The number of ether oxygens (including phenoxy) is 1. The van der Waals surface area contributed by atoms with E-state index in [9.17, 15) is 9.59 Å². The predicted octanol–water partition coefficient (Wildman–Crippen LogP) is 3.46. The molecule has 3 heterocycles. The first-order valence-corrected chi connectivity index (χ1v) is 14.2. The Kier molecular flexibility index (Phi) is 9.12. The number of amides is 2. The second-order valence-electron chi connectivity index (χ2n) is 10.1. The summed E-state index contributed by atoms with van der Waals surface area (Å²) >= 11 is 12.9. The lowest BCUT2D eigenvalue weighted by Gasteiger charge is -2.32. The maximum atomic E-state index is 12.9. The van der Waals surface area contributed by atoms with Crippen molar-refractivity contribution in [3.05, 3.63) is 81.4 Å². The van der Waals surface area contributed by atoms with Crippen molar-refractivity contribution in [1.29, 1.82) is 0 Å². The lowest BCUT2D eigenvalue weighted by molar-refractivity contribution is 0.0939. The van der Waals surface area contributed by atoms with Gasteiger partial charge in [-0.05, 0) is 42.9 Å². The maximum absolute atomic E-state index is 12.9. The predicted molar refractivity (Wildman–Crippen MR) is 163 cm³/mol. The van der Waals surface area contributed by atoms with E-state index < -0.39 is 5.91 Å². The summed E-state index contributed by atoms with van der Waals surface area (Å²) in [7, 11) is 3.61. The molecule has 2 amide bonds. The standard InChI is InChI=1S/C29H32Cl2N8O3/c1-37-12-14-38(15-13-37)10-8-34-29(41)18-6-7-22(23(16-18)42-2)35-27-25(26(32)40)28-33-9-11-39(28)24(36-27)17-19-20(30)4-3-5-21(19)31/h3-7,9,11,16,35H,8,10,12-15,17H2,1-2H3,(H2,32,40)(H,34,41). The smallest absolute Gasteiger partial charge is 0.256 e. The van der Waals surface area contributed by atoms with Gasteiger partial charge in [-0.3, -0.25) is 18.9 Å². The van der Waals surface area contributed by atoms with Crippen LogP contribution < -0.4 is 21.1 Å². The van der Waals surface area contributed by atoms with Gasteiger partial charge >= 0.3 is 0 Å². The monoisotopic (exact) mass is 610 g/mol. The van der Waals surface area contributed by atoms with Crippen molar-refractivity contribution in [2.75, 3.05) is 58.7 Å². The van der Waals surface area contributed by atoms with E-state index in [1.807, 2.05) is 0 Å². The lowest BCUT2D eigenvalue weighted by atomic mass is 10.1. The Morgan fingerprint density at radius 1 is 1.10 bits per heavy atom. The molecule has 1 saturated heterocycles. The Hall–Kier alpha value is -3.90. The zero-order valence-electron chi connectivity index (χ0n) is 23.4. The summed E-state index contributed by atoms with van der Waals surface area (Å²) < 4.78 is 7.27. The van der Waals surface area contributed by atoms with Crippen molar-refractivity contribution >= 4 is 52.2 Å². The third kappa shape index (κ3) is 6.44. The van der Waals surface area contributed by atoms with Crippen LogP contribution in [0.2, 0.25) is 10.0 Å². The van der Waals surface area contributed by atoms with E-state index in [2.05, 4.69) is 32.5 Å². The van der Waals surface area contributed by atoms with E-state index in [1.54, 1.807) is 53.2 Å². The van der Waals surface area contributed by atoms with Gasteiger partial charge < -0.3 is 26.0 Å². The normalized spacial score (nSPS) is 14.2. The summed E-state index contributed by atoms with van der Waals surface area (Å²) in [5, 5.41) is 7.13. The van der Waals surface area contributed by atoms with Crippen molar-refractivity contribution in [3.63, 3.8) is 0 Å². The third-order valence-corrected chi connectivity index (χ3v) is 8.00. The molecule has 0 atom stereocenters. The van der Waals surface area contributed by atoms with E-state index in [1.165, 1.54) is 7.11 Å². The molecule has 4 aromatic rings. The van der Waals surface area contributed by atoms with Crippen molar-refractivity contribution < 1.29 is 14.3 Å². The molecule has 1 aliphatic heterocycles. The first-order chi connectivity index (χ1) is 20.2. The average Bonchev–Trinajstić information content (AvgIpc) is 3.46. The number of carbonyl (C=O) groups is 2. The molecule has 42 heavy (non-hydrogen) atoms. The molecule has 0 saturated carbocycles. The summed E-state index contributed by atoms with van der Waals surface area (Å²) in [5.41, 5.74) is 7.82. The molecular formula is C29H32Cl2N8O3. The van der Waals surface area contributed by atoms with Gasteiger partial charge in [-0.1, -0.05) is 29.3 Å². The van der Waals surface area contributed by atoms with Crippen LogP contribution in [0.4, 0.5) is 11.5 Å². The number of nitrogens with two attached hydrogens (primary N) is 1. The lowest BCUT2D eigenvalue weighted by Crippen LogP contribution is -2.46. The van der Waals surface area contributed by atoms with Crippen LogP contribution in [0.1, 0.15) is 32.1 Å². The number of piperazine rings is 1. The van der Waals surface area contributed by atoms with Crippen molar-refractivity contribution in [2.45, 2.75) is 6.42 Å². The van der Waals surface area contributed by atoms with Gasteiger partial charge in [0, 0.05) is 73.7 Å². The molecule has 2 aromatic carbocycles. The largest absolute Gasteiger partial charge is 0.495 e. The van der Waals surface area contributed by atoms with Crippen molar-refractivity contribution in [3.8, 4) is 5.75 Å². The Balaban J connectivity index is 1.39. The number of nitrogens with one attached hydrogen (secondary N) is 2. The quantitative estimate of drug-likeness (QED) is 0.249. The Morgan fingerprint density at radius 2 is 1.83 bits per heavy atom. The van der Waals surface area contributed by atoms with Crippen LogP contribution in [0, 0.1) is 0 Å². The molecule has 0 unspecified atom stereocenters. The minimum atomic E-state index is -0.709. The third-order valence-electron chi connectivity index (χ3n) is 7.29. The molecule has 220 valence electrons. The highest BCUT2D eigenvalue weighted by Crippen LogP contribution is 2.32. The molecule has 1 fully saturated rings. The molecule has 0 bridgehead atoms. The number of anilines is 2. The second-order valence-corrected chi connectivity index (χ2v) is 10.9. The van der Waals surface area contributed by atoms with Gasteiger partial charge in [0.1, 0.15) is 23.0 Å². The Morgan fingerprint density at radius 3 is 2.52 bits per heavy atom. The van der Waals surface area contributed by atoms with Crippen molar-refractivity contribution in [1.82, 2.24) is 29.5 Å². The number of aromatic nitrogens is 3. The number of carbonyl (C=O) groups excluding carboxylic acids is 2. The minimum Gasteiger partial charge on any atom is -0.495 e. The fourth-order valence-electron chi connectivity index (χ4n) is 4.91. The van der Waals surface area contributed by atoms with Crippen LogP contribution in [0.25, 0.3) is 5.65 Å². The molecule has 2 aromatic heterocycles. The molecule has 13 heteroatoms. The number of likely N-dealkylation sites (N-methyl/N-ethyl adjacent to an activating group) is 1. The Bertz CT molecular complexity index is 1600. The fraction of sp³-hybridized carbons (Fsp3) is 0.310. The number of nitrogens with zero attached hydrogens (tertiary/aromatic N) is 5. The molecule has 5 rings (SSSR count). The van der Waals surface area contributed by atoms with Gasteiger partial charge in [-0.15, -0.1) is 0 Å². The Labute approximate surface area is 253 Å². The van der Waals surface area contributed by atoms with Crippen LogP contribution >= 0.6 is 23.2 Å². The highest BCUT2D eigenvalue weighted by Gasteiger charge is 2.22. The molecule has 1 aliphatic rings. The molecule has 0 aliphatic carbocycles. The van der Waals surface area contributed by atoms with E-state index in [-0.39, 0.29) is 23.7 Å². The van der Waals surface area contributed by atoms with Crippen LogP contribution in [-0.2, 0) is 6.42 Å². The molecule has 11 nitrogen and oxygen atoms in total. The summed E-state index contributed by atoms with van der Waals surface area (Å²) in [6.07, 6.45) is 3.52. The summed E-state index contributed by atoms with van der Waals surface area (Å²) in [4.78, 5) is 39.2. The number of halogens is 2. The molecule has 0 spiro atoms. The minimum absolute atomic E-state index is 0.0989. The van der Waals surface area contributed by atoms with Crippen molar-refractivity contribution in [2.24, 2.45) is 5.73 Å². The van der Waals surface area contributed by atoms with E-state index >= 15 is 0 Å². The summed E-state index contributed by atoms with van der Waals surface area (Å²) in [5.74, 6) is 0.182. The first-order valence-electron chi connectivity index (χ1n) is 13.5. The van der Waals surface area contributed by atoms with Gasteiger partial charge in [0.15, 0.2) is 5.65 Å². The number of rotatable bonds is 10. The highest BCUT2D eigenvalue weighted by molar-refractivity contribution is 6.36. The number of primary amides is 1. The number of fused-ring (bicyclic) bond motifs is 1. The summed E-state index contributed by atoms with van der Waals surface area (Å²) in [6, 6.07) is 10.3. The zero-order chi connectivity index (χ0) is 29.8. The molecule has 4 N–H and O–H groups in total. The van der Waals surface area contributed by atoms with Crippen LogP contribution in [0.3, 0.4) is 0 Å². The SMILES string of the molecule is COc1cc(C(=O)NCCN2CCN(C)CC2)ccc1Nc1nc(Cc2c(Cl)cccc2Cl)n2ccnc2c1C(N)=O. The van der Waals surface area contributed by atoms with E-state index in [0.717, 1.165) is 32.7 Å². The maximum Gasteiger partial charge on any atom is 0.256 e. The zero-order valence-corrected chi connectivity index (χ0v) is 24.9. The van der Waals surface area contributed by atoms with Gasteiger partial charge in [0.05, 0.1) is 12.8 Å². The number of methoxy groups -OCH3 is 1. The number of hydrogen-bond acceptors (Lipinski definition) is 8. The van der Waals surface area contributed by atoms with Gasteiger partial charge in [-0.2, -0.15) is 0 Å². The van der Waals surface area contributed by atoms with Crippen LogP contribution in [0.15, 0.2) is 48.8 Å². The topological polar surface area (TPSA) is 130 Å². The number of imidazole rings is 1. The number of hydrogen-bond donors (Lipinski definition) is 3. The van der Waals surface area contributed by atoms with Gasteiger partial charge in [0.25, 0.3) is 11.8 Å². The second kappa shape index (κ2) is 13.0. The molecule has 0 radical (unpaired) electrons. The fourth-order valence-corrected chi connectivity index (χ4v) is 5.44. The van der Waals surface area contributed by atoms with Gasteiger partial charge in [-0.25, -0.2) is 9.97 Å². The van der Waals surface area contributed by atoms with Gasteiger partial charge in [0.2, 0.25) is 0 Å². The summed E-state index contributed by atoms with van der Waals surface area (Å²) in [6.45, 7) is 5.34. The average molecular weight is 612 g/mol. The highest BCUT2D eigenvalue weighted by atomic mass is 35.5. The van der Waals surface area contributed by atoms with Crippen LogP contribution in [0.5, 0.6) is 5.75 Å². The van der Waals surface area contributed by atoms with Crippen LogP contribution in [-0.4, -0.2) is 89.4 Å². The van der Waals surface area contributed by atoms with E-state index in [0.29, 0.717) is 50.6 Å².